The molecule has 1 aromatic rings. The third-order valence-corrected chi connectivity index (χ3v) is 2.12. The number of rotatable bonds is 3. The van der Waals surface area contributed by atoms with Crippen molar-refractivity contribution in [1.82, 2.24) is 10.2 Å². The van der Waals surface area contributed by atoms with E-state index in [1.54, 1.807) is 0 Å². The summed E-state index contributed by atoms with van der Waals surface area (Å²) in [7, 11) is 0. The van der Waals surface area contributed by atoms with E-state index in [1.165, 1.54) is 0 Å². The van der Waals surface area contributed by atoms with Crippen molar-refractivity contribution in [2.24, 2.45) is 5.73 Å². The molecule has 0 radical (unpaired) electrons. The van der Waals surface area contributed by atoms with Gasteiger partial charge in [0, 0.05) is 19.6 Å². The second kappa shape index (κ2) is 3.85. The average molecular weight is 183 g/mol. The first kappa shape index (κ1) is 8.65. The summed E-state index contributed by atoms with van der Waals surface area (Å²) in [4.78, 5) is 0. The summed E-state index contributed by atoms with van der Waals surface area (Å²) in [5.74, 6) is 1.62. The number of aromatic nitrogens is 2. The zero-order chi connectivity index (χ0) is 9.10. The Bertz CT molecular complexity index is 268. The minimum Gasteiger partial charge on any atom is -0.425 e. The van der Waals surface area contributed by atoms with Crippen LogP contribution >= 0.6 is 0 Å². The van der Waals surface area contributed by atoms with E-state index in [0.29, 0.717) is 37.3 Å². The standard InChI is InChI=1S/C8H13N3O2/c9-3-1-7-10-11-8(13-7)6-2-4-12-5-6/h6H,1-5,9H2. The second-order valence-electron chi connectivity index (χ2n) is 3.13. The van der Waals surface area contributed by atoms with E-state index in [4.69, 9.17) is 14.9 Å². The zero-order valence-corrected chi connectivity index (χ0v) is 7.40. The van der Waals surface area contributed by atoms with Crippen LogP contribution in [0.25, 0.3) is 0 Å². The van der Waals surface area contributed by atoms with Crippen LogP contribution in [0.1, 0.15) is 24.1 Å². The highest BCUT2D eigenvalue weighted by molar-refractivity contribution is 4.93. The van der Waals surface area contributed by atoms with Gasteiger partial charge in [-0.15, -0.1) is 10.2 Å². The number of hydrogen-bond donors (Lipinski definition) is 1. The first-order chi connectivity index (χ1) is 6.40. The molecular formula is C8H13N3O2. The lowest BCUT2D eigenvalue weighted by molar-refractivity contribution is 0.190. The van der Waals surface area contributed by atoms with E-state index >= 15 is 0 Å². The SMILES string of the molecule is NCCc1nnc(C2CCOC2)o1. The van der Waals surface area contributed by atoms with Crippen LogP contribution in [0.4, 0.5) is 0 Å². The van der Waals surface area contributed by atoms with Crippen molar-refractivity contribution in [2.75, 3.05) is 19.8 Å². The van der Waals surface area contributed by atoms with Gasteiger partial charge in [0.15, 0.2) is 0 Å². The van der Waals surface area contributed by atoms with Crippen LogP contribution in [0.15, 0.2) is 4.42 Å². The minimum absolute atomic E-state index is 0.291. The predicted octanol–water partition coefficient (Wildman–Crippen LogP) is 0.0747. The number of nitrogens with zero attached hydrogens (tertiary/aromatic N) is 2. The molecule has 5 nitrogen and oxygen atoms in total. The molecule has 2 rings (SSSR count). The molecule has 1 saturated heterocycles. The van der Waals surface area contributed by atoms with Crippen LogP contribution in [0.3, 0.4) is 0 Å². The molecule has 0 bridgehead atoms. The van der Waals surface area contributed by atoms with E-state index in [1.807, 2.05) is 0 Å². The molecule has 2 N–H and O–H groups in total. The van der Waals surface area contributed by atoms with E-state index in [9.17, 15) is 0 Å². The summed E-state index contributed by atoms with van der Waals surface area (Å²) in [6, 6.07) is 0. The van der Waals surface area contributed by atoms with Crippen molar-refractivity contribution < 1.29 is 9.15 Å². The number of ether oxygens (including phenoxy) is 1. The molecule has 72 valence electrons. The molecule has 0 aromatic carbocycles. The zero-order valence-electron chi connectivity index (χ0n) is 7.40. The van der Waals surface area contributed by atoms with Crippen LogP contribution < -0.4 is 5.73 Å². The monoisotopic (exact) mass is 183 g/mol. The summed E-state index contributed by atoms with van der Waals surface area (Å²) in [6.07, 6.45) is 1.63. The summed E-state index contributed by atoms with van der Waals surface area (Å²) in [5, 5.41) is 7.86. The summed E-state index contributed by atoms with van der Waals surface area (Å²) < 4.78 is 10.7. The molecule has 1 aromatic heterocycles. The molecule has 1 atom stereocenters. The fourth-order valence-corrected chi connectivity index (χ4v) is 1.39. The van der Waals surface area contributed by atoms with E-state index in [2.05, 4.69) is 10.2 Å². The Labute approximate surface area is 76.3 Å². The van der Waals surface area contributed by atoms with Gasteiger partial charge in [-0.25, -0.2) is 0 Å². The van der Waals surface area contributed by atoms with E-state index in [-0.39, 0.29) is 0 Å². The normalized spacial score (nSPS) is 22.4. The van der Waals surface area contributed by atoms with Crippen molar-refractivity contribution in [3.8, 4) is 0 Å². The maximum absolute atomic E-state index is 5.43. The van der Waals surface area contributed by atoms with Gasteiger partial charge in [-0.3, -0.25) is 0 Å². The van der Waals surface area contributed by atoms with Crippen molar-refractivity contribution in [1.29, 1.82) is 0 Å². The lowest BCUT2D eigenvalue weighted by Gasteiger charge is -1.98. The van der Waals surface area contributed by atoms with Gasteiger partial charge in [-0.1, -0.05) is 0 Å². The Morgan fingerprint density at radius 3 is 3.08 bits per heavy atom. The summed E-state index contributed by atoms with van der Waals surface area (Å²) in [6.45, 7) is 2.03. The fraction of sp³-hybridized carbons (Fsp3) is 0.750. The fourth-order valence-electron chi connectivity index (χ4n) is 1.39. The molecule has 0 spiro atoms. The second-order valence-corrected chi connectivity index (χ2v) is 3.13. The van der Waals surface area contributed by atoms with Crippen molar-refractivity contribution in [3.05, 3.63) is 11.8 Å². The van der Waals surface area contributed by atoms with Gasteiger partial charge >= 0.3 is 0 Å². The molecule has 1 aliphatic heterocycles. The Balaban J connectivity index is 2.03. The summed E-state index contributed by atoms with van der Waals surface area (Å²) in [5.41, 5.74) is 5.37. The molecular weight excluding hydrogens is 170 g/mol. The number of hydrogen-bond acceptors (Lipinski definition) is 5. The third-order valence-electron chi connectivity index (χ3n) is 2.12. The van der Waals surface area contributed by atoms with Crippen molar-refractivity contribution in [2.45, 2.75) is 18.8 Å². The quantitative estimate of drug-likeness (QED) is 0.718. The van der Waals surface area contributed by atoms with Crippen LogP contribution in [0.5, 0.6) is 0 Å². The van der Waals surface area contributed by atoms with Crippen LogP contribution in [0, 0.1) is 0 Å². The average Bonchev–Trinajstić information content (AvgIpc) is 2.70. The molecule has 0 amide bonds. The first-order valence-electron chi connectivity index (χ1n) is 4.50. The maximum Gasteiger partial charge on any atom is 0.222 e. The van der Waals surface area contributed by atoms with Gasteiger partial charge in [0.2, 0.25) is 11.8 Å². The van der Waals surface area contributed by atoms with Gasteiger partial charge in [-0.2, -0.15) is 0 Å². The number of nitrogens with two attached hydrogens (primary N) is 1. The smallest absolute Gasteiger partial charge is 0.222 e. The Hall–Kier alpha value is -0.940. The topological polar surface area (TPSA) is 74.2 Å². The van der Waals surface area contributed by atoms with E-state index in [0.717, 1.165) is 13.0 Å². The van der Waals surface area contributed by atoms with Gasteiger partial charge < -0.3 is 14.9 Å². The largest absolute Gasteiger partial charge is 0.425 e. The Morgan fingerprint density at radius 1 is 1.46 bits per heavy atom. The van der Waals surface area contributed by atoms with E-state index < -0.39 is 0 Å². The van der Waals surface area contributed by atoms with Crippen molar-refractivity contribution in [3.63, 3.8) is 0 Å². The lowest BCUT2D eigenvalue weighted by atomic mass is 10.1. The molecule has 1 fully saturated rings. The van der Waals surface area contributed by atoms with Gasteiger partial charge in [-0.05, 0) is 6.42 Å². The molecule has 0 aliphatic carbocycles. The molecule has 13 heavy (non-hydrogen) atoms. The maximum atomic E-state index is 5.43. The Morgan fingerprint density at radius 2 is 2.38 bits per heavy atom. The lowest BCUT2D eigenvalue weighted by Crippen LogP contribution is -2.02. The molecule has 1 unspecified atom stereocenters. The van der Waals surface area contributed by atoms with Crippen LogP contribution in [-0.4, -0.2) is 30.0 Å². The molecule has 2 heterocycles. The summed E-state index contributed by atoms with van der Waals surface area (Å²) >= 11 is 0. The van der Waals surface area contributed by atoms with Crippen LogP contribution in [-0.2, 0) is 11.2 Å². The van der Waals surface area contributed by atoms with Gasteiger partial charge in [0.05, 0.1) is 12.5 Å². The highest BCUT2D eigenvalue weighted by atomic mass is 16.5. The van der Waals surface area contributed by atoms with Gasteiger partial charge in [0.25, 0.3) is 0 Å². The minimum atomic E-state index is 0.291. The van der Waals surface area contributed by atoms with Crippen molar-refractivity contribution >= 4 is 0 Å². The highest BCUT2D eigenvalue weighted by Gasteiger charge is 2.23. The first-order valence-corrected chi connectivity index (χ1v) is 4.50. The van der Waals surface area contributed by atoms with Gasteiger partial charge in [0.1, 0.15) is 0 Å². The third kappa shape index (κ3) is 1.87. The highest BCUT2D eigenvalue weighted by Crippen LogP contribution is 2.23. The Kier molecular flexibility index (Phi) is 2.56. The van der Waals surface area contributed by atoms with Crippen LogP contribution in [0.2, 0.25) is 0 Å². The molecule has 0 saturated carbocycles. The molecule has 1 aliphatic rings. The molecule has 5 heteroatoms. The predicted molar refractivity (Wildman–Crippen MR) is 45.2 cm³/mol.